The zero-order valence-electron chi connectivity index (χ0n) is 6.97. The van der Waals surface area contributed by atoms with Crippen LogP contribution in [0.1, 0.15) is 10.4 Å². The summed E-state index contributed by atoms with van der Waals surface area (Å²) in [6, 6.07) is 1.06. The molecule has 0 aromatic heterocycles. The van der Waals surface area contributed by atoms with Crippen LogP contribution in [0.2, 0.25) is 0 Å². The Morgan fingerprint density at radius 2 is 2.07 bits per heavy atom. The topological polar surface area (TPSA) is 46.5 Å². The van der Waals surface area contributed by atoms with Gasteiger partial charge in [0.25, 0.3) is 0 Å². The molecule has 0 saturated carbocycles. The van der Waals surface area contributed by atoms with Crippen molar-refractivity contribution in [3.05, 3.63) is 27.7 Å². The minimum Gasteiger partial charge on any atom is -0.494 e. The maximum absolute atomic E-state index is 13.1. The van der Waals surface area contributed by atoms with E-state index < -0.39 is 23.2 Å². The molecule has 0 bridgehead atoms. The van der Waals surface area contributed by atoms with E-state index in [0.717, 1.165) is 13.2 Å². The number of ether oxygens (including phenoxy) is 1. The molecule has 0 heterocycles. The third-order valence-corrected chi connectivity index (χ3v) is 2.18. The Morgan fingerprint density at radius 3 is 2.50 bits per heavy atom. The second kappa shape index (κ2) is 3.91. The lowest BCUT2D eigenvalue weighted by Gasteiger charge is -2.06. The van der Waals surface area contributed by atoms with Crippen molar-refractivity contribution in [3.8, 4) is 5.75 Å². The van der Waals surface area contributed by atoms with Crippen LogP contribution in [0, 0.1) is 11.6 Å². The highest BCUT2D eigenvalue weighted by molar-refractivity contribution is 9.10. The van der Waals surface area contributed by atoms with Crippen molar-refractivity contribution in [1.29, 1.82) is 0 Å². The molecule has 0 aliphatic rings. The molecule has 6 heteroatoms. The molecular formula is C8H5BrF2O3. The van der Waals surface area contributed by atoms with E-state index in [2.05, 4.69) is 20.7 Å². The first-order valence-corrected chi connectivity index (χ1v) is 4.23. The van der Waals surface area contributed by atoms with Gasteiger partial charge in [0.05, 0.1) is 7.11 Å². The van der Waals surface area contributed by atoms with E-state index in [1.807, 2.05) is 0 Å². The smallest absolute Gasteiger partial charge is 0.339 e. The van der Waals surface area contributed by atoms with Gasteiger partial charge >= 0.3 is 5.97 Å². The summed E-state index contributed by atoms with van der Waals surface area (Å²) in [5.74, 6) is -4.65. The van der Waals surface area contributed by atoms with Crippen molar-refractivity contribution >= 4 is 21.9 Å². The molecule has 0 unspecified atom stereocenters. The normalized spacial score (nSPS) is 10.0. The van der Waals surface area contributed by atoms with Gasteiger partial charge in [0.1, 0.15) is 5.56 Å². The zero-order chi connectivity index (χ0) is 10.9. The monoisotopic (exact) mass is 266 g/mol. The molecule has 0 radical (unpaired) electrons. The van der Waals surface area contributed by atoms with Gasteiger partial charge in [0.2, 0.25) is 5.82 Å². The van der Waals surface area contributed by atoms with E-state index in [1.165, 1.54) is 0 Å². The molecule has 3 nitrogen and oxygen atoms in total. The molecule has 0 atom stereocenters. The van der Waals surface area contributed by atoms with Crippen LogP contribution in [0.15, 0.2) is 10.5 Å². The van der Waals surface area contributed by atoms with Crippen molar-refractivity contribution in [2.75, 3.05) is 7.11 Å². The highest BCUT2D eigenvalue weighted by Crippen LogP contribution is 2.29. The minimum atomic E-state index is -1.55. The van der Waals surface area contributed by atoms with Gasteiger partial charge < -0.3 is 9.84 Å². The average molecular weight is 267 g/mol. The van der Waals surface area contributed by atoms with Crippen molar-refractivity contribution < 1.29 is 23.4 Å². The maximum atomic E-state index is 13.1. The average Bonchev–Trinajstić information content (AvgIpc) is 2.10. The summed E-state index contributed by atoms with van der Waals surface area (Å²) in [5, 5.41) is 8.56. The van der Waals surface area contributed by atoms with Crippen LogP contribution < -0.4 is 4.74 Å². The molecule has 0 saturated heterocycles. The van der Waals surface area contributed by atoms with Crippen molar-refractivity contribution in [2.45, 2.75) is 0 Å². The van der Waals surface area contributed by atoms with Gasteiger partial charge in [-0.3, -0.25) is 0 Å². The molecule has 1 aromatic carbocycles. The zero-order valence-corrected chi connectivity index (χ0v) is 8.56. The number of rotatable bonds is 2. The Morgan fingerprint density at radius 1 is 1.50 bits per heavy atom. The molecule has 0 aliphatic heterocycles. The number of aromatic carboxylic acids is 1. The second-order valence-electron chi connectivity index (χ2n) is 2.37. The van der Waals surface area contributed by atoms with Gasteiger partial charge in [-0.25, -0.2) is 9.18 Å². The van der Waals surface area contributed by atoms with E-state index in [-0.39, 0.29) is 10.2 Å². The molecule has 0 amide bonds. The molecule has 0 aliphatic carbocycles. The Balaban J connectivity index is 3.49. The van der Waals surface area contributed by atoms with Gasteiger partial charge in [-0.1, -0.05) is 0 Å². The number of carbonyl (C=O) groups is 1. The van der Waals surface area contributed by atoms with Gasteiger partial charge in [0, 0.05) is 4.47 Å². The Hall–Kier alpha value is -1.17. The quantitative estimate of drug-likeness (QED) is 0.837. The molecule has 1 N–H and O–H groups in total. The molecule has 0 spiro atoms. The van der Waals surface area contributed by atoms with Crippen LogP contribution >= 0.6 is 15.9 Å². The predicted octanol–water partition coefficient (Wildman–Crippen LogP) is 2.43. The summed E-state index contributed by atoms with van der Waals surface area (Å²) in [6.45, 7) is 0. The molecule has 76 valence electrons. The second-order valence-corrected chi connectivity index (χ2v) is 3.22. The largest absolute Gasteiger partial charge is 0.494 e. The van der Waals surface area contributed by atoms with Gasteiger partial charge in [-0.15, -0.1) is 0 Å². The number of carboxylic acids is 1. The first kappa shape index (κ1) is 10.9. The fraction of sp³-hybridized carbons (Fsp3) is 0.125. The van der Waals surface area contributed by atoms with Crippen LogP contribution in [0.5, 0.6) is 5.75 Å². The highest BCUT2D eigenvalue weighted by Gasteiger charge is 2.22. The predicted molar refractivity (Wildman–Crippen MR) is 47.6 cm³/mol. The molecule has 1 rings (SSSR count). The van der Waals surface area contributed by atoms with Crippen molar-refractivity contribution in [1.82, 2.24) is 0 Å². The lowest BCUT2D eigenvalue weighted by Crippen LogP contribution is -2.05. The van der Waals surface area contributed by atoms with E-state index in [9.17, 15) is 13.6 Å². The fourth-order valence-corrected chi connectivity index (χ4v) is 1.47. The molecule has 14 heavy (non-hydrogen) atoms. The molecular weight excluding hydrogens is 262 g/mol. The van der Waals surface area contributed by atoms with Crippen LogP contribution in [0.3, 0.4) is 0 Å². The number of methoxy groups -OCH3 is 1. The van der Waals surface area contributed by atoms with Gasteiger partial charge in [-0.05, 0) is 22.0 Å². The third-order valence-electron chi connectivity index (χ3n) is 1.56. The van der Waals surface area contributed by atoms with Gasteiger partial charge in [0.15, 0.2) is 11.6 Å². The Bertz CT molecular complexity index is 393. The van der Waals surface area contributed by atoms with Crippen LogP contribution in [-0.4, -0.2) is 18.2 Å². The first-order valence-electron chi connectivity index (χ1n) is 3.43. The van der Waals surface area contributed by atoms with E-state index >= 15 is 0 Å². The first-order chi connectivity index (χ1) is 6.49. The highest BCUT2D eigenvalue weighted by atomic mass is 79.9. The van der Waals surface area contributed by atoms with E-state index in [0.29, 0.717) is 0 Å². The van der Waals surface area contributed by atoms with Crippen molar-refractivity contribution in [2.24, 2.45) is 0 Å². The number of carboxylic acid groups (broad SMARTS) is 1. The molecule has 0 fully saturated rings. The summed E-state index contributed by atoms with van der Waals surface area (Å²) in [4.78, 5) is 10.5. The summed E-state index contributed by atoms with van der Waals surface area (Å²) in [6.07, 6.45) is 0. The summed E-state index contributed by atoms with van der Waals surface area (Å²) < 4.78 is 30.5. The minimum absolute atomic E-state index is 0.0687. The third kappa shape index (κ3) is 1.70. The fourth-order valence-electron chi connectivity index (χ4n) is 0.918. The summed E-state index contributed by atoms with van der Waals surface area (Å²) in [7, 11) is 1.16. The van der Waals surface area contributed by atoms with Gasteiger partial charge in [-0.2, -0.15) is 4.39 Å². The molecule has 1 aromatic rings. The number of benzene rings is 1. The lowest BCUT2D eigenvalue weighted by atomic mass is 10.2. The van der Waals surface area contributed by atoms with E-state index in [1.54, 1.807) is 0 Å². The van der Waals surface area contributed by atoms with Crippen LogP contribution in [0.4, 0.5) is 8.78 Å². The maximum Gasteiger partial charge on any atom is 0.339 e. The lowest BCUT2D eigenvalue weighted by molar-refractivity contribution is 0.0689. The van der Waals surface area contributed by atoms with Crippen molar-refractivity contribution in [3.63, 3.8) is 0 Å². The summed E-state index contributed by atoms with van der Waals surface area (Å²) in [5.41, 5.74) is -0.747. The van der Waals surface area contributed by atoms with E-state index in [4.69, 9.17) is 5.11 Å². The Labute approximate surface area is 86.4 Å². The summed E-state index contributed by atoms with van der Waals surface area (Å²) >= 11 is 2.81. The standard InChI is InChI=1S/C8H5BrF2O3/c1-14-4-2-3(9)5(8(12)13)7(11)6(4)10/h2H,1H3,(H,12,13). The SMILES string of the molecule is COc1cc(Br)c(C(=O)O)c(F)c1F. The van der Waals surface area contributed by atoms with Crippen LogP contribution in [-0.2, 0) is 0 Å². The number of hydrogen-bond donors (Lipinski definition) is 1. The number of halogens is 3. The Kier molecular flexibility index (Phi) is 3.05. The number of hydrogen-bond acceptors (Lipinski definition) is 2. The van der Waals surface area contributed by atoms with Crippen LogP contribution in [0.25, 0.3) is 0 Å².